The predicted molar refractivity (Wildman–Crippen MR) is 190 cm³/mol. The largest absolute Gasteiger partial charge is 0.478 e. The van der Waals surface area contributed by atoms with Crippen molar-refractivity contribution in [2.45, 2.75) is 40.5 Å². The lowest BCUT2D eigenvalue weighted by Crippen LogP contribution is -2.17. The number of aromatic nitrogens is 4. The van der Waals surface area contributed by atoms with Crippen molar-refractivity contribution in [1.82, 2.24) is 19.6 Å². The van der Waals surface area contributed by atoms with Crippen LogP contribution in [0.1, 0.15) is 93.4 Å². The van der Waals surface area contributed by atoms with Crippen LogP contribution in [0.5, 0.6) is 0 Å². The summed E-state index contributed by atoms with van der Waals surface area (Å²) in [6.07, 6.45) is 7.63. The van der Waals surface area contributed by atoms with Gasteiger partial charge in [-0.15, -0.1) is 5.73 Å². The fourth-order valence-corrected chi connectivity index (χ4v) is 5.79. The van der Waals surface area contributed by atoms with Crippen LogP contribution in [-0.2, 0) is 9.47 Å². The van der Waals surface area contributed by atoms with Crippen LogP contribution in [0.4, 0.5) is 0 Å². The second kappa shape index (κ2) is 15.1. The van der Waals surface area contributed by atoms with Gasteiger partial charge in [0.15, 0.2) is 11.4 Å². The second-order valence-electron chi connectivity index (χ2n) is 12.6. The molecule has 14 heteroatoms. The lowest BCUT2D eigenvalue weighted by Gasteiger charge is -2.29. The first-order chi connectivity index (χ1) is 24.7. The standard InChI is InChI=1S/C38H36N4O10/c1-5-51-36(49)30-28(32(43)41(39-30)26-13-9-24(10-14-26)34(45)46)17-7-22-19-23(21-38(3,4)20-22)8-18-29-31(37(50)52-6-2)40-42(33(29)44)27-15-11-25(12-16-27)35(47)48/h7,9-19,39-40H,5-6,20-21H2,1-4H3,(H,45,46)(H,47,48). The molecular formula is C38H36N4O10. The van der Waals surface area contributed by atoms with E-state index in [-0.39, 0.29) is 52.3 Å². The van der Waals surface area contributed by atoms with E-state index in [0.717, 1.165) is 14.9 Å². The Morgan fingerprint density at radius 2 is 1.21 bits per heavy atom. The van der Waals surface area contributed by atoms with Crippen LogP contribution in [0.3, 0.4) is 0 Å². The van der Waals surface area contributed by atoms with E-state index in [4.69, 9.17) is 9.47 Å². The van der Waals surface area contributed by atoms with E-state index >= 15 is 0 Å². The number of H-pyrrole nitrogens is 2. The minimum atomic E-state index is -1.13. The Bertz CT molecular complexity index is 2300. The maximum absolute atomic E-state index is 13.6. The molecule has 14 nitrogen and oxygen atoms in total. The normalized spacial score (nSPS) is 13.7. The number of carbonyl (C=O) groups is 4. The van der Waals surface area contributed by atoms with Gasteiger partial charge in [-0.25, -0.2) is 28.5 Å². The number of esters is 2. The predicted octanol–water partition coefficient (Wildman–Crippen LogP) is 5.39. The summed E-state index contributed by atoms with van der Waals surface area (Å²) in [5.74, 6) is -3.74. The van der Waals surface area contributed by atoms with E-state index in [0.29, 0.717) is 29.8 Å². The van der Waals surface area contributed by atoms with Crippen LogP contribution < -0.4 is 11.1 Å². The number of aromatic carboxylic acids is 2. The lowest BCUT2D eigenvalue weighted by molar-refractivity contribution is 0.0509. The molecule has 0 amide bonds. The smallest absolute Gasteiger partial charge is 0.357 e. The average Bonchev–Trinajstić information content (AvgIpc) is 3.61. The van der Waals surface area contributed by atoms with E-state index in [9.17, 15) is 39.0 Å². The Labute approximate surface area is 296 Å². The number of rotatable bonds is 11. The van der Waals surface area contributed by atoms with Crippen molar-refractivity contribution in [3.63, 3.8) is 0 Å². The number of carbonyl (C=O) groups excluding carboxylic acids is 2. The van der Waals surface area contributed by atoms with E-state index in [1.54, 1.807) is 19.9 Å². The van der Waals surface area contributed by atoms with Gasteiger partial charge < -0.3 is 19.7 Å². The molecule has 0 atom stereocenters. The van der Waals surface area contributed by atoms with Crippen LogP contribution in [-0.4, -0.2) is 66.9 Å². The highest BCUT2D eigenvalue weighted by Gasteiger charge is 2.26. The molecule has 0 bridgehead atoms. The summed E-state index contributed by atoms with van der Waals surface area (Å²) in [4.78, 5) is 75.5. The third-order valence-corrected chi connectivity index (χ3v) is 8.13. The summed E-state index contributed by atoms with van der Waals surface area (Å²) >= 11 is 0. The lowest BCUT2D eigenvalue weighted by atomic mass is 9.75. The Balaban J connectivity index is 1.56. The third kappa shape index (κ3) is 7.87. The molecule has 2 aromatic carbocycles. The molecule has 268 valence electrons. The highest BCUT2D eigenvalue weighted by Crippen LogP contribution is 2.38. The number of benzene rings is 2. The highest BCUT2D eigenvalue weighted by molar-refractivity contribution is 5.92. The number of ether oxygens (including phenoxy) is 2. The number of carboxylic acid groups (broad SMARTS) is 2. The SMILES string of the molecule is CCOC(=O)c1[nH]n(-c2ccc(C(=O)O)cc2)c(=O)c1C=C=C1C=C(C=Cc2c(C(=O)OCC)[nH]n(-c3ccc(C(=O)O)cc3)c2=O)CC(C)(C)C1. The summed E-state index contributed by atoms with van der Waals surface area (Å²) in [5.41, 5.74) is 3.76. The molecule has 2 heterocycles. The van der Waals surface area contributed by atoms with Gasteiger partial charge in [0, 0.05) is 0 Å². The zero-order chi connectivity index (χ0) is 37.7. The van der Waals surface area contributed by atoms with Crippen LogP contribution in [0, 0.1) is 5.41 Å². The van der Waals surface area contributed by atoms with Gasteiger partial charge in [0.25, 0.3) is 11.1 Å². The van der Waals surface area contributed by atoms with Gasteiger partial charge in [0.05, 0.1) is 46.8 Å². The van der Waals surface area contributed by atoms with Gasteiger partial charge in [-0.1, -0.05) is 19.9 Å². The van der Waals surface area contributed by atoms with Gasteiger partial charge >= 0.3 is 23.9 Å². The van der Waals surface area contributed by atoms with Gasteiger partial charge in [-0.2, -0.15) is 0 Å². The zero-order valence-corrected chi connectivity index (χ0v) is 28.8. The molecule has 1 aliphatic carbocycles. The molecule has 0 unspecified atom stereocenters. The Morgan fingerprint density at radius 3 is 1.67 bits per heavy atom. The van der Waals surface area contributed by atoms with E-state index < -0.39 is 35.0 Å². The second-order valence-corrected chi connectivity index (χ2v) is 12.6. The molecule has 0 saturated heterocycles. The molecule has 0 spiro atoms. The minimum Gasteiger partial charge on any atom is -0.478 e. The number of aromatic amines is 2. The van der Waals surface area contributed by atoms with Crippen LogP contribution in [0.25, 0.3) is 23.5 Å². The quantitative estimate of drug-likeness (QED) is 0.116. The summed E-state index contributed by atoms with van der Waals surface area (Å²) in [5, 5.41) is 24.1. The number of nitrogens with zero attached hydrogens (tertiary/aromatic N) is 2. The molecule has 0 saturated carbocycles. The molecule has 4 aromatic rings. The molecule has 1 aliphatic rings. The van der Waals surface area contributed by atoms with Gasteiger partial charge in [-0.3, -0.25) is 19.8 Å². The number of carboxylic acids is 2. The molecule has 4 N–H and O–H groups in total. The average molecular weight is 709 g/mol. The van der Waals surface area contributed by atoms with Crippen LogP contribution in [0.2, 0.25) is 0 Å². The first kappa shape index (κ1) is 36.6. The molecule has 2 aromatic heterocycles. The molecule has 0 fully saturated rings. The summed E-state index contributed by atoms with van der Waals surface area (Å²) < 4.78 is 12.6. The fraction of sp³-hybridized carbons (Fsp3) is 0.237. The summed E-state index contributed by atoms with van der Waals surface area (Å²) in [7, 11) is 0. The van der Waals surface area contributed by atoms with E-state index in [1.165, 1.54) is 60.7 Å². The first-order valence-corrected chi connectivity index (χ1v) is 16.3. The van der Waals surface area contributed by atoms with Crippen molar-refractivity contribution in [2.24, 2.45) is 5.41 Å². The topological polar surface area (TPSA) is 203 Å². The van der Waals surface area contributed by atoms with Crippen molar-refractivity contribution in [1.29, 1.82) is 0 Å². The van der Waals surface area contributed by atoms with E-state index in [1.807, 2.05) is 19.9 Å². The minimum absolute atomic E-state index is 0.00882. The van der Waals surface area contributed by atoms with Gasteiger partial charge in [0.1, 0.15) is 0 Å². The molecule has 5 rings (SSSR count). The van der Waals surface area contributed by atoms with Crippen molar-refractivity contribution >= 4 is 36.0 Å². The third-order valence-electron chi connectivity index (χ3n) is 8.13. The number of nitrogens with one attached hydrogen (secondary N) is 2. The summed E-state index contributed by atoms with van der Waals surface area (Å²) in [6.45, 7) is 7.49. The molecule has 0 radical (unpaired) electrons. The van der Waals surface area contributed by atoms with Gasteiger partial charge in [0.2, 0.25) is 0 Å². The van der Waals surface area contributed by atoms with Crippen molar-refractivity contribution < 1.29 is 38.9 Å². The van der Waals surface area contributed by atoms with Gasteiger partial charge in [-0.05, 0) is 110 Å². The molecule has 0 aliphatic heterocycles. The maximum atomic E-state index is 13.6. The number of hydrogen-bond acceptors (Lipinski definition) is 8. The van der Waals surface area contributed by atoms with Crippen LogP contribution >= 0.6 is 0 Å². The van der Waals surface area contributed by atoms with E-state index in [2.05, 4.69) is 15.9 Å². The molecular weight excluding hydrogens is 672 g/mol. The Kier molecular flexibility index (Phi) is 10.6. The van der Waals surface area contributed by atoms with Crippen molar-refractivity contribution in [3.05, 3.63) is 132 Å². The first-order valence-electron chi connectivity index (χ1n) is 16.3. The Hall–Kier alpha value is -6.66. The fourth-order valence-electron chi connectivity index (χ4n) is 5.79. The zero-order valence-electron chi connectivity index (χ0n) is 28.8. The summed E-state index contributed by atoms with van der Waals surface area (Å²) in [6, 6.07) is 11.1. The molecule has 52 heavy (non-hydrogen) atoms. The number of hydrogen-bond donors (Lipinski definition) is 4. The van der Waals surface area contributed by atoms with Crippen molar-refractivity contribution in [2.75, 3.05) is 13.2 Å². The van der Waals surface area contributed by atoms with Crippen LogP contribution in [0.15, 0.2) is 87.1 Å². The Morgan fingerprint density at radius 1 is 0.750 bits per heavy atom. The monoisotopic (exact) mass is 708 g/mol. The maximum Gasteiger partial charge on any atom is 0.357 e. The van der Waals surface area contributed by atoms with Crippen molar-refractivity contribution in [3.8, 4) is 11.4 Å². The number of allylic oxidation sites excluding steroid dienone is 4. The highest BCUT2D eigenvalue weighted by atomic mass is 16.5.